The molecule has 0 aliphatic carbocycles. The van der Waals surface area contributed by atoms with E-state index in [9.17, 15) is 21.6 Å². The molecule has 0 aliphatic heterocycles. The molecule has 21 heavy (non-hydrogen) atoms. The largest absolute Gasteiger partial charge is 0.399 e. The van der Waals surface area contributed by atoms with E-state index in [4.69, 9.17) is 5.73 Å². The topological polar surface area (TPSA) is 72.2 Å². The first-order valence-electron chi connectivity index (χ1n) is 6.04. The molecule has 0 bridgehead atoms. The fraction of sp³-hybridized carbons (Fsp3) is 0.231. The van der Waals surface area contributed by atoms with E-state index in [1.165, 1.54) is 24.3 Å². The Kier molecular flexibility index (Phi) is 4.11. The highest BCUT2D eigenvalue weighted by Crippen LogP contribution is 2.25. The summed E-state index contributed by atoms with van der Waals surface area (Å²) in [4.78, 5) is -0.0674. The van der Waals surface area contributed by atoms with Crippen molar-refractivity contribution in [3.05, 3.63) is 36.4 Å². The molecule has 0 spiro atoms. The fourth-order valence-electron chi connectivity index (χ4n) is 1.91. The molecule has 0 aromatic heterocycles. The maximum absolute atomic E-state index is 12.1. The molecular formula is C13H13F3N2O2S. The minimum atomic E-state index is -4.41. The van der Waals surface area contributed by atoms with Crippen molar-refractivity contribution in [2.45, 2.75) is 17.5 Å². The molecule has 0 fully saturated rings. The van der Waals surface area contributed by atoms with Crippen LogP contribution in [0.15, 0.2) is 41.3 Å². The first-order valence-corrected chi connectivity index (χ1v) is 7.52. The monoisotopic (exact) mass is 318 g/mol. The molecule has 8 heteroatoms. The summed E-state index contributed by atoms with van der Waals surface area (Å²) < 4.78 is 62.4. The molecular weight excluding hydrogens is 305 g/mol. The second-order valence-electron chi connectivity index (χ2n) is 4.50. The maximum atomic E-state index is 12.1. The minimum Gasteiger partial charge on any atom is -0.399 e. The summed E-state index contributed by atoms with van der Waals surface area (Å²) in [6.45, 7) is -0.697. The summed E-state index contributed by atoms with van der Waals surface area (Å²) >= 11 is 0. The van der Waals surface area contributed by atoms with Crippen LogP contribution in [0.4, 0.5) is 18.9 Å². The fourth-order valence-corrected chi connectivity index (χ4v) is 3.17. The quantitative estimate of drug-likeness (QED) is 0.851. The smallest absolute Gasteiger partial charge is 0.390 e. The molecule has 2 aromatic carbocycles. The molecule has 0 atom stereocenters. The molecule has 2 rings (SSSR count). The highest BCUT2D eigenvalue weighted by molar-refractivity contribution is 7.89. The number of nitrogens with one attached hydrogen (secondary N) is 1. The summed E-state index contributed by atoms with van der Waals surface area (Å²) in [5.41, 5.74) is 6.10. The Morgan fingerprint density at radius 3 is 2.52 bits per heavy atom. The third-order valence-electron chi connectivity index (χ3n) is 2.85. The van der Waals surface area contributed by atoms with Gasteiger partial charge in [-0.2, -0.15) is 13.2 Å². The van der Waals surface area contributed by atoms with Crippen LogP contribution in [-0.2, 0) is 10.0 Å². The van der Waals surface area contributed by atoms with Crippen molar-refractivity contribution in [3.8, 4) is 0 Å². The second-order valence-corrected chi connectivity index (χ2v) is 6.24. The van der Waals surface area contributed by atoms with Crippen LogP contribution < -0.4 is 10.5 Å². The summed E-state index contributed by atoms with van der Waals surface area (Å²) in [5, 5.41) is 1.01. The van der Waals surface area contributed by atoms with Crippen molar-refractivity contribution in [2.24, 2.45) is 0 Å². The molecule has 3 N–H and O–H groups in total. The lowest BCUT2D eigenvalue weighted by Crippen LogP contribution is -2.28. The van der Waals surface area contributed by atoms with Gasteiger partial charge in [0.15, 0.2) is 0 Å². The average Bonchev–Trinajstić information content (AvgIpc) is 2.35. The van der Waals surface area contributed by atoms with Crippen molar-refractivity contribution in [2.75, 3.05) is 12.3 Å². The first kappa shape index (κ1) is 15.6. The van der Waals surface area contributed by atoms with Gasteiger partial charge in [0.25, 0.3) is 0 Å². The van der Waals surface area contributed by atoms with Gasteiger partial charge in [0.1, 0.15) is 0 Å². The summed E-state index contributed by atoms with van der Waals surface area (Å²) in [5.74, 6) is 0. The first-order chi connectivity index (χ1) is 9.69. The number of alkyl halides is 3. The van der Waals surface area contributed by atoms with E-state index in [1.807, 2.05) is 4.72 Å². The van der Waals surface area contributed by atoms with Crippen LogP contribution in [0.3, 0.4) is 0 Å². The van der Waals surface area contributed by atoms with Gasteiger partial charge in [0, 0.05) is 17.6 Å². The van der Waals surface area contributed by atoms with Crippen LogP contribution in [-0.4, -0.2) is 21.1 Å². The van der Waals surface area contributed by atoms with E-state index in [0.717, 1.165) is 0 Å². The molecule has 0 saturated heterocycles. The lowest BCUT2D eigenvalue weighted by Gasteiger charge is -2.11. The number of nitrogen functional groups attached to an aromatic ring is 1. The number of halogens is 3. The lowest BCUT2D eigenvalue weighted by atomic mass is 10.1. The minimum absolute atomic E-state index is 0.0674. The molecule has 0 aliphatic rings. The zero-order valence-corrected chi connectivity index (χ0v) is 11.6. The number of nitrogens with two attached hydrogens (primary N) is 1. The van der Waals surface area contributed by atoms with Crippen molar-refractivity contribution in [1.29, 1.82) is 0 Å². The van der Waals surface area contributed by atoms with Crippen molar-refractivity contribution in [1.82, 2.24) is 4.72 Å². The highest BCUT2D eigenvalue weighted by Gasteiger charge is 2.27. The van der Waals surface area contributed by atoms with Crippen LogP contribution in [0.5, 0.6) is 0 Å². The highest BCUT2D eigenvalue weighted by atomic mass is 32.2. The number of rotatable bonds is 4. The molecule has 0 radical (unpaired) electrons. The van der Waals surface area contributed by atoms with Crippen LogP contribution in [0, 0.1) is 0 Å². The zero-order valence-electron chi connectivity index (χ0n) is 10.8. The second kappa shape index (κ2) is 5.53. The molecule has 114 valence electrons. The zero-order chi connectivity index (χ0) is 15.7. The Bertz CT molecular complexity index is 758. The van der Waals surface area contributed by atoms with E-state index < -0.39 is 29.2 Å². The Balaban J connectivity index is 2.32. The van der Waals surface area contributed by atoms with E-state index in [1.54, 1.807) is 12.1 Å². The van der Waals surface area contributed by atoms with Gasteiger partial charge in [-0.05, 0) is 23.6 Å². The molecule has 0 heterocycles. The van der Waals surface area contributed by atoms with Gasteiger partial charge in [-0.1, -0.05) is 18.2 Å². The summed E-state index contributed by atoms with van der Waals surface area (Å²) in [7, 11) is -4.01. The van der Waals surface area contributed by atoms with Gasteiger partial charge in [-0.3, -0.25) is 0 Å². The lowest BCUT2D eigenvalue weighted by molar-refractivity contribution is -0.132. The Morgan fingerprint density at radius 2 is 1.86 bits per heavy atom. The number of anilines is 1. The molecule has 4 nitrogen and oxygen atoms in total. The Morgan fingerprint density at radius 1 is 1.14 bits per heavy atom. The molecule has 0 unspecified atom stereocenters. The standard InChI is InChI=1S/C13H13F3N2O2S/c14-13(15,16)6-7-18-21(19,20)12-3-1-2-9-8-10(17)4-5-11(9)12/h1-5,8,18H,6-7,17H2. The Labute approximate surface area is 119 Å². The number of hydrogen-bond acceptors (Lipinski definition) is 3. The van der Waals surface area contributed by atoms with E-state index in [0.29, 0.717) is 16.5 Å². The van der Waals surface area contributed by atoms with Crippen LogP contribution in [0.25, 0.3) is 10.8 Å². The normalized spacial score (nSPS) is 12.7. The van der Waals surface area contributed by atoms with Crippen molar-refractivity contribution >= 4 is 26.5 Å². The number of fused-ring (bicyclic) bond motifs is 1. The van der Waals surface area contributed by atoms with Gasteiger partial charge in [0.05, 0.1) is 11.3 Å². The number of benzene rings is 2. The van der Waals surface area contributed by atoms with Crippen LogP contribution in [0.1, 0.15) is 6.42 Å². The third-order valence-corrected chi connectivity index (χ3v) is 4.37. The van der Waals surface area contributed by atoms with Gasteiger partial charge in [-0.25, -0.2) is 13.1 Å². The molecule has 0 amide bonds. The predicted octanol–water partition coefficient (Wildman–Crippen LogP) is 2.65. The number of hydrogen-bond donors (Lipinski definition) is 2. The average molecular weight is 318 g/mol. The van der Waals surface area contributed by atoms with Crippen LogP contribution in [0.2, 0.25) is 0 Å². The van der Waals surface area contributed by atoms with E-state index in [2.05, 4.69) is 0 Å². The van der Waals surface area contributed by atoms with Crippen molar-refractivity contribution < 1.29 is 21.6 Å². The van der Waals surface area contributed by atoms with Gasteiger partial charge >= 0.3 is 6.18 Å². The van der Waals surface area contributed by atoms with E-state index >= 15 is 0 Å². The van der Waals surface area contributed by atoms with E-state index in [-0.39, 0.29) is 4.90 Å². The number of sulfonamides is 1. The van der Waals surface area contributed by atoms with Gasteiger partial charge in [-0.15, -0.1) is 0 Å². The summed E-state index contributed by atoms with van der Waals surface area (Å²) in [6, 6.07) is 9.21. The predicted molar refractivity (Wildman–Crippen MR) is 74.2 cm³/mol. The Hall–Kier alpha value is -1.80. The SMILES string of the molecule is Nc1ccc2c(S(=O)(=O)NCCC(F)(F)F)cccc2c1. The molecule has 0 saturated carbocycles. The third kappa shape index (κ3) is 3.85. The van der Waals surface area contributed by atoms with Gasteiger partial charge in [0.2, 0.25) is 10.0 Å². The maximum Gasteiger partial charge on any atom is 0.390 e. The van der Waals surface area contributed by atoms with Gasteiger partial charge < -0.3 is 5.73 Å². The molecule has 2 aromatic rings. The summed E-state index contributed by atoms with van der Waals surface area (Å²) in [6.07, 6.45) is -5.63. The van der Waals surface area contributed by atoms with Crippen LogP contribution >= 0.6 is 0 Å². The van der Waals surface area contributed by atoms with Crippen molar-refractivity contribution in [3.63, 3.8) is 0 Å².